The number of fused-ring (bicyclic) bond motifs is 1. The maximum atomic E-state index is 12.8. The minimum atomic E-state index is -0.279. The van der Waals surface area contributed by atoms with Crippen LogP contribution in [0.25, 0.3) is 0 Å². The number of nitrogens with two attached hydrogens (primary N) is 1. The van der Waals surface area contributed by atoms with Gasteiger partial charge in [0, 0.05) is 19.2 Å². The minimum absolute atomic E-state index is 0.0455. The van der Waals surface area contributed by atoms with Crippen LogP contribution in [-0.2, 0) is 9.47 Å². The summed E-state index contributed by atoms with van der Waals surface area (Å²) in [5, 5.41) is 3.11. The summed E-state index contributed by atoms with van der Waals surface area (Å²) in [4.78, 5) is 12.8. The lowest BCUT2D eigenvalue weighted by Crippen LogP contribution is -2.55. The van der Waals surface area contributed by atoms with Crippen LogP contribution in [0.4, 0.5) is 4.79 Å². The van der Waals surface area contributed by atoms with Gasteiger partial charge in [-0.2, -0.15) is 0 Å². The molecule has 0 bridgehead atoms. The average Bonchev–Trinajstić information content (AvgIpc) is 3.07. The topological polar surface area (TPSA) is 73.6 Å². The second kappa shape index (κ2) is 10.5. The third kappa shape index (κ3) is 5.19. The first-order chi connectivity index (χ1) is 15.1. The SMILES string of the molecule is CCC1(C(C)CC=C(C)C)CCC2(C)CCC(OC(=O)N[C@H]3CC[C@H](N)CC3)C(OC)C21. The molecule has 0 saturated heterocycles. The standard InChI is InChI=1S/C27H48N2O3/c1-7-27(19(4)9-8-18(2)3)17-16-26(5)15-14-22(23(31-6)24(26)27)32-25(30)29-21-12-10-20(28)11-13-21/h8,19-24H,7,9-17,28H2,1-6H3,(H,29,30)/t19?,20-,21-,22?,23?,24?,26?,27?. The Kier molecular flexibility index (Phi) is 8.35. The fraction of sp³-hybridized carbons (Fsp3) is 0.889. The van der Waals surface area contributed by atoms with Crippen molar-refractivity contribution in [3.8, 4) is 0 Å². The van der Waals surface area contributed by atoms with Gasteiger partial charge in [0.15, 0.2) is 0 Å². The van der Waals surface area contributed by atoms with Gasteiger partial charge in [-0.05, 0) is 101 Å². The molecule has 0 aliphatic heterocycles. The van der Waals surface area contributed by atoms with Gasteiger partial charge < -0.3 is 20.5 Å². The first-order valence-corrected chi connectivity index (χ1v) is 13.0. The predicted octanol–water partition coefficient (Wildman–Crippen LogP) is 5.97. The normalized spacial score (nSPS) is 40.3. The van der Waals surface area contributed by atoms with Crippen molar-refractivity contribution in [3.05, 3.63) is 11.6 Å². The number of ether oxygens (including phenoxy) is 2. The Morgan fingerprint density at radius 3 is 2.44 bits per heavy atom. The van der Waals surface area contributed by atoms with E-state index in [1.165, 1.54) is 18.4 Å². The van der Waals surface area contributed by atoms with E-state index in [-0.39, 0.29) is 41.2 Å². The largest absolute Gasteiger partial charge is 0.443 e. The van der Waals surface area contributed by atoms with Gasteiger partial charge >= 0.3 is 6.09 Å². The van der Waals surface area contributed by atoms with Gasteiger partial charge in [-0.3, -0.25) is 0 Å². The molecule has 3 rings (SSSR count). The van der Waals surface area contributed by atoms with Crippen molar-refractivity contribution >= 4 is 6.09 Å². The average molecular weight is 449 g/mol. The van der Waals surface area contributed by atoms with Crippen LogP contribution in [0.3, 0.4) is 0 Å². The summed E-state index contributed by atoms with van der Waals surface area (Å²) in [6, 6.07) is 0.457. The highest BCUT2D eigenvalue weighted by Gasteiger charge is 2.62. The molecule has 0 spiro atoms. The third-order valence-corrected chi connectivity index (χ3v) is 9.37. The predicted molar refractivity (Wildman–Crippen MR) is 130 cm³/mol. The van der Waals surface area contributed by atoms with Gasteiger partial charge in [-0.1, -0.05) is 32.4 Å². The number of hydrogen-bond donors (Lipinski definition) is 2. The molecule has 0 aromatic rings. The quantitative estimate of drug-likeness (QED) is 0.471. The highest BCUT2D eigenvalue weighted by Crippen LogP contribution is 2.65. The smallest absolute Gasteiger partial charge is 0.407 e. The molecular formula is C27H48N2O3. The van der Waals surface area contributed by atoms with Crippen LogP contribution in [0.2, 0.25) is 0 Å². The number of nitrogens with one attached hydrogen (secondary N) is 1. The van der Waals surface area contributed by atoms with Crippen molar-refractivity contribution < 1.29 is 14.3 Å². The molecule has 0 radical (unpaired) electrons. The van der Waals surface area contributed by atoms with Crippen LogP contribution >= 0.6 is 0 Å². The zero-order valence-corrected chi connectivity index (χ0v) is 21.4. The van der Waals surface area contributed by atoms with Crippen LogP contribution in [0.5, 0.6) is 0 Å². The maximum Gasteiger partial charge on any atom is 0.407 e. The summed E-state index contributed by atoms with van der Waals surface area (Å²) in [5.41, 5.74) is 7.88. The molecule has 3 fully saturated rings. The van der Waals surface area contributed by atoms with E-state index in [1.807, 2.05) is 7.11 Å². The molecule has 3 N–H and O–H groups in total. The summed E-state index contributed by atoms with van der Waals surface area (Å²) < 4.78 is 12.3. The first-order valence-electron chi connectivity index (χ1n) is 13.0. The second-order valence-corrected chi connectivity index (χ2v) is 11.6. The fourth-order valence-corrected chi connectivity index (χ4v) is 7.34. The second-order valence-electron chi connectivity index (χ2n) is 11.6. The van der Waals surface area contributed by atoms with E-state index in [1.54, 1.807) is 0 Å². The Morgan fingerprint density at radius 2 is 1.84 bits per heavy atom. The van der Waals surface area contributed by atoms with Gasteiger partial charge in [0.1, 0.15) is 6.10 Å². The molecule has 3 aliphatic rings. The lowest BCUT2D eigenvalue weighted by atomic mass is 9.56. The number of rotatable bonds is 7. The zero-order valence-electron chi connectivity index (χ0n) is 21.4. The zero-order chi connectivity index (χ0) is 23.5. The van der Waals surface area contributed by atoms with E-state index in [0.29, 0.717) is 11.8 Å². The number of alkyl carbamates (subject to hydrolysis) is 1. The maximum absolute atomic E-state index is 12.8. The lowest BCUT2D eigenvalue weighted by molar-refractivity contribution is -0.147. The Bertz CT molecular complexity index is 668. The van der Waals surface area contributed by atoms with E-state index < -0.39 is 0 Å². The number of carbonyl (C=O) groups excluding carboxylic acids is 1. The number of hydrogen-bond acceptors (Lipinski definition) is 4. The molecule has 184 valence electrons. The number of amides is 1. The first kappa shape index (κ1) is 25.6. The number of methoxy groups -OCH3 is 1. The van der Waals surface area contributed by atoms with Crippen molar-refractivity contribution in [2.75, 3.05) is 7.11 Å². The molecule has 3 aliphatic carbocycles. The van der Waals surface area contributed by atoms with E-state index in [2.05, 4.69) is 46.0 Å². The number of carbonyl (C=O) groups is 1. The van der Waals surface area contributed by atoms with Crippen molar-refractivity contribution in [1.29, 1.82) is 0 Å². The summed E-state index contributed by atoms with van der Waals surface area (Å²) in [6.45, 7) is 11.6. The van der Waals surface area contributed by atoms with Crippen LogP contribution in [-0.4, -0.2) is 37.5 Å². The Morgan fingerprint density at radius 1 is 1.16 bits per heavy atom. The van der Waals surface area contributed by atoms with E-state index >= 15 is 0 Å². The Balaban J connectivity index is 1.74. The molecular weight excluding hydrogens is 400 g/mol. The molecule has 6 atom stereocenters. The summed E-state index contributed by atoms with van der Waals surface area (Å²) in [7, 11) is 1.81. The van der Waals surface area contributed by atoms with Crippen LogP contribution in [0.1, 0.15) is 98.8 Å². The molecule has 0 aromatic heterocycles. The van der Waals surface area contributed by atoms with Gasteiger partial charge in [0.05, 0.1) is 6.10 Å². The molecule has 32 heavy (non-hydrogen) atoms. The molecule has 5 heteroatoms. The van der Waals surface area contributed by atoms with E-state index in [0.717, 1.165) is 51.4 Å². The number of allylic oxidation sites excluding steroid dienone is 2. The van der Waals surface area contributed by atoms with Crippen LogP contribution < -0.4 is 11.1 Å². The minimum Gasteiger partial charge on any atom is -0.443 e. The van der Waals surface area contributed by atoms with Crippen molar-refractivity contribution in [2.24, 2.45) is 28.4 Å². The van der Waals surface area contributed by atoms with Crippen LogP contribution in [0, 0.1) is 22.7 Å². The highest BCUT2D eigenvalue weighted by atomic mass is 16.6. The van der Waals surface area contributed by atoms with Gasteiger partial charge in [0.2, 0.25) is 0 Å². The van der Waals surface area contributed by atoms with E-state index in [9.17, 15) is 4.79 Å². The van der Waals surface area contributed by atoms with Crippen molar-refractivity contribution in [2.45, 2.75) is 123 Å². The molecule has 3 saturated carbocycles. The fourth-order valence-electron chi connectivity index (χ4n) is 7.34. The Labute approximate surface area is 196 Å². The molecule has 6 unspecified atom stereocenters. The third-order valence-electron chi connectivity index (χ3n) is 9.37. The van der Waals surface area contributed by atoms with Gasteiger partial charge in [-0.25, -0.2) is 4.79 Å². The molecule has 0 heterocycles. The highest BCUT2D eigenvalue weighted by molar-refractivity contribution is 5.67. The molecule has 1 amide bonds. The summed E-state index contributed by atoms with van der Waals surface area (Å²) in [5.74, 6) is 0.982. The monoisotopic (exact) mass is 448 g/mol. The van der Waals surface area contributed by atoms with Crippen molar-refractivity contribution in [3.63, 3.8) is 0 Å². The van der Waals surface area contributed by atoms with Crippen LogP contribution in [0.15, 0.2) is 11.6 Å². The van der Waals surface area contributed by atoms with E-state index in [4.69, 9.17) is 15.2 Å². The van der Waals surface area contributed by atoms with Gasteiger partial charge in [0.25, 0.3) is 0 Å². The summed E-state index contributed by atoms with van der Waals surface area (Å²) >= 11 is 0. The Hall–Kier alpha value is -1.07. The molecule has 5 nitrogen and oxygen atoms in total. The van der Waals surface area contributed by atoms with Gasteiger partial charge in [-0.15, -0.1) is 0 Å². The lowest BCUT2D eigenvalue weighted by Gasteiger charge is -2.52. The molecule has 0 aromatic carbocycles. The summed E-state index contributed by atoms with van der Waals surface area (Å²) in [6.07, 6.45) is 12.4. The van der Waals surface area contributed by atoms with Crippen molar-refractivity contribution in [1.82, 2.24) is 5.32 Å².